The molecule has 1 aliphatic heterocycles. The van der Waals surface area contributed by atoms with E-state index in [4.69, 9.17) is 32.7 Å². The Balaban J connectivity index is 1.88. The van der Waals surface area contributed by atoms with E-state index >= 15 is 0 Å². The quantitative estimate of drug-likeness (QED) is 0.271. The number of aliphatic hydroxyl groups is 1. The van der Waals surface area contributed by atoms with Crippen molar-refractivity contribution < 1.29 is 24.2 Å². The summed E-state index contributed by atoms with van der Waals surface area (Å²) in [6, 6.07) is 17.8. The SMILES string of the molecule is COc1cc(/C(O)=C2/C(=O)C(=O)N(Cc3ccccc3OC)C2c2ccc(Cl)cc2)ccc1Cl. The molecule has 1 fully saturated rings. The van der Waals surface area contributed by atoms with E-state index < -0.39 is 17.7 Å². The lowest BCUT2D eigenvalue weighted by Crippen LogP contribution is -2.29. The predicted octanol–water partition coefficient (Wildman–Crippen LogP) is 5.63. The van der Waals surface area contributed by atoms with E-state index in [2.05, 4.69) is 0 Å². The summed E-state index contributed by atoms with van der Waals surface area (Å²) in [4.78, 5) is 27.8. The zero-order chi connectivity index (χ0) is 24.4. The molecule has 1 N–H and O–H groups in total. The number of carbonyl (C=O) groups excluding carboxylic acids is 2. The normalized spacial score (nSPS) is 17.2. The fourth-order valence-corrected chi connectivity index (χ4v) is 4.34. The molecule has 0 bridgehead atoms. The highest BCUT2D eigenvalue weighted by Gasteiger charge is 2.46. The van der Waals surface area contributed by atoms with Crippen molar-refractivity contribution in [3.63, 3.8) is 0 Å². The number of rotatable bonds is 6. The van der Waals surface area contributed by atoms with Crippen LogP contribution in [0.4, 0.5) is 0 Å². The second-order valence-electron chi connectivity index (χ2n) is 7.64. The van der Waals surface area contributed by atoms with Crippen LogP contribution >= 0.6 is 23.2 Å². The largest absolute Gasteiger partial charge is 0.507 e. The van der Waals surface area contributed by atoms with E-state index in [1.165, 1.54) is 25.2 Å². The maximum atomic E-state index is 13.2. The Morgan fingerprint density at radius 2 is 1.62 bits per heavy atom. The third-order valence-corrected chi connectivity index (χ3v) is 6.25. The number of para-hydroxylation sites is 1. The van der Waals surface area contributed by atoms with E-state index in [1.54, 1.807) is 42.5 Å². The van der Waals surface area contributed by atoms with Gasteiger partial charge in [-0.1, -0.05) is 53.5 Å². The van der Waals surface area contributed by atoms with Crippen molar-refractivity contribution in [2.75, 3.05) is 14.2 Å². The van der Waals surface area contributed by atoms with Crippen molar-refractivity contribution >= 4 is 40.7 Å². The van der Waals surface area contributed by atoms with E-state index in [0.29, 0.717) is 32.7 Å². The van der Waals surface area contributed by atoms with Gasteiger partial charge in [-0.25, -0.2) is 0 Å². The van der Waals surface area contributed by atoms with Gasteiger partial charge in [0.2, 0.25) is 0 Å². The third kappa shape index (κ3) is 4.34. The van der Waals surface area contributed by atoms with E-state index in [-0.39, 0.29) is 17.9 Å². The van der Waals surface area contributed by atoms with Crippen LogP contribution in [0.5, 0.6) is 11.5 Å². The number of likely N-dealkylation sites (tertiary alicyclic amines) is 1. The molecule has 6 nitrogen and oxygen atoms in total. The molecular formula is C26H21Cl2NO5. The zero-order valence-electron chi connectivity index (χ0n) is 18.4. The predicted molar refractivity (Wildman–Crippen MR) is 130 cm³/mol. The van der Waals surface area contributed by atoms with Gasteiger partial charge in [0.1, 0.15) is 17.3 Å². The summed E-state index contributed by atoms with van der Waals surface area (Å²) in [5.41, 5.74) is 1.61. The number of ether oxygens (including phenoxy) is 2. The third-order valence-electron chi connectivity index (χ3n) is 5.68. The Morgan fingerprint density at radius 3 is 2.29 bits per heavy atom. The molecule has 0 spiro atoms. The maximum Gasteiger partial charge on any atom is 0.295 e. The minimum absolute atomic E-state index is 0.0356. The number of halogens is 2. The van der Waals surface area contributed by atoms with Crippen LogP contribution in [0.3, 0.4) is 0 Å². The minimum atomic E-state index is -0.844. The summed E-state index contributed by atoms with van der Waals surface area (Å²) < 4.78 is 10.7. The van der Waals surface area contributed by atoms with Crippen LogP contribution < -0.4 is 9.47 Å². The molecule has 1 aliphatic rings. The smallest absolute Gasteiger partial charge is 0.295 e. The minimum Gasteiger partial charge on any atom is -0.507 e. The van der Waals surface area contributed by atoms with Crippen molar-refractivity contribution in [1.29, 1.82) is 0 Å². The highest BCUT2D eigenvalue weighted by atomic mass is 35.5. The van der Waals surface area contributed by atoms with Gasteiger partial charge < -0.3 is 19.5 Å². The second-order valence-corrected chi connectivity index (χ2v) is 8.48. The lowest BCUT2D eigenvalue weighted by molar-refractivity contribution is -0.140. The molecule has 34 heavy (non-hydrogen) atoms. The summed E-state index contributed by atoms with van der Waals surface area (Å²) >= 11 is 12.2. The van der Waals surface area contributed by atoms with E-state index in [9.17, 15) is 14.7 Å². The number of ketones is 1. The van der Waals surface area contributed by atoms with Crippen LogP contribution in [-0.4, -0.2) is 35.9 Å². The fraction of sp³-hybridized carbons (Fsp3) is 0.154. The average Bonchev–Trinajstić information content (AvgIpc) is 3.09. The number of Topliss-reactive ketones (excluding diaryl/α,β-unsaturated/α-hetero) is 1. The number of carbonyl (C=O) groups is 2. The molecule has 0 aliphatic carbocycles. The molecule has 3 aromatic carbocycles. The molecule has 0 aromatic heterocycles. The number of methoxy groups -OCH3 is 2. The van der Waals surface area contributed by atoms with Gasteiger partial charge in [0.05, 0.1) is 37.4 Å². The van der Waals surface area contributed by atoms with Crippen LogP contribution in [-0.2, 0) is 16.1 Å². The van der Waals surface area contributed by atoms with Crippen LogP contribution in [0.1, 0.15) is 22.7 Å². The zero-order valence-corrected chi connectivity index (χ0v) is 19.9. The van der Waals surface area contributed by atoms with Gasteiger partial charge in [0.15, 0.2) is 0 Å². The Labute approximate surface area is 206 Å². The molecule has 3 aromatic rings. The molecule has 1 heterocycles. The first-order chi connectivity index (χ1) is 16.3. The monoisotopic (exact) mass is 497 g/mol. The molecule has 1 unspecified atom stereocenters. The summed E-state index contributed by atoms with van der Waals surface area (Å²) in [5, 5.41) is 12.1. The van der Waals surface area contributed by atoms with Crippen molar-refractivity contribution in [2.45, 2.75) is 12.6 Å². The number of hydrogen-bond acceptors (Lipinski definition) is 5. The van der Waals surface area contributed by atoms with Crippen LogP contribution in [0.2, 0.25) is 10.0 Å². The summed E-state index contributed by atoms with van der Waals surface area (Å²) in [6.45, 7) is 0.0998. The second kappa shape index (κ2) is 9.79. The number of amides is 1. The van der Waals surface area contributed by atoms with Gasteiger partial charge in [-0.15, -0.1) is 0 Å². The van der Waals surface area contributed by atoms with Gasteiger partial charge in [0, 0.05) is 16.1 Å². The molecule has 0 radical (unpaired) electrons. The first-order valence-electron chi connectivity index (χ1n) is 10.4. The van der Waals surface area contributed by atoms with Crippen molar-refractivity contribution in [2.24, 2.45) is 0 Å². The molecular weight excluding hydrogens is 477 g/mol. The number of aliphatic hydroxyl groups excluding tert-OH is 1. The Hall–Kier alpha value is -3.48. The average molecular weight is 498 g/mol. The van der Waals surface area contributed by atoms with Gasteiger partial charge in [-0.3, -0.25) is 9.59 Å². The van der Waals surface area contributed by atoms with Gasteiger partial charge >= 0.3 is 0 Å². The standard InChI is InChI=1S/C26H21Cl2NO5/c1-33-20-6-4-3-5-17(20)14-29-23(15-7-10-18(27)11-8-15)22(25(31)26(29)32)24(30)16-9-12-19(28)21(13-16)34-2/h3-13,23,30H,14H2,1-2H3/b24-22-. The molecule has 4 rings (SSSR count). The summed E-state index contributed by atoms with van der Waals surface area (Å²) in [5.74, 6) is -0.927. The van der Waals surface area contributed by atoms with Crippen molar-refractivity contribution in [3.8, 4) is 11.5 Å². The molecule has 1 saturated heterocycles. The molecule has 0 saturated carbocycles. The summed E-state index contributed by atoms with van der Waals surface area (Å²) in [7, 11) is 2.99. The lowest BCUT2D eigenvalue weighted by atomic mass is 9.95. The Morgan fingerprint density at radius 1 is 0.941 bits per heavy atom. The van der Waals surface area contributed by atoms with Crippen molar-refractivity contribution in [3.05, 3.63) is 99.0 Å². The first-order valence-corrected chi connectivity index (χ1v) is 11.1. The van der Waals surface area contributed by atoms with Gasteiger partial charge in [0.25, 0.3) is 11.7 Å². The number of nitrogens with zero attached hydrogens (tertiary/aromatic N) is 1. The maximum absolute atomic E-state index is 13.2. The Bertz CT molecular complexity index is 1290. The lowest BCUT2D eigenvalue weighted by Gasteiger charge is -2.26. The highest BCUT2D eigenvalue weighted by molar-refractivity contribution is 6.46. The Kier molecular flexibility index (Phi) is 6.82. The van der Waals surface area contributed by atoms with Crippen LogP contribution in [0, 0.1) is 0 Å². The van der Waals surface area contributed by atoms with Gasteiger partial charge in [-0.2, -0.15) is 0 Å². The fourth-order valence-electron chi connectivity index (χ4n) is 4.01. The topological polar surface area (TPSA) is 76.1 Å². The molecule has 1 atom stereocenters. The van der Waals surface area contributed by atoms with E-state index in [0.717, 1.165) is 5.56 Å². The number of hydrogen-bond donors (Lipinski definition) is 1. The highest BCUT2D eigenvalue weighted by Crippen LogP contribution is 2.42. The van der Waals surface area contributed by atoms with Gasteiger partial charge in [-0.05, 0) is 42.0 Å². The van der Waals surface area contributed by atoms with Crippen LogP contribution in [0.15, 0.2) is 72.3 Å². The molecule has 174 valence electrons. The molecule has 8 heteroatoms. The van der Waals surface area contributed by atoms with Crippen molar-refractivity contribution in [1.82, 2.24) is 4.90 Å². The van der Waals surface area contributed by atoms with E-state index in [1.807, 2.05) is 18.2 Å². The summed E-state index contributed by atoms with van der Waals surface area (Å²) in [6.07, 6.45) is 0. The molecule has 1 amide bonds. The first kappa shape index (κ1) is 23.7. The van der Waals surface area contributed by atoms with Crippen LogP contribution in [0.25, 0.3) is 5.76 Å². The number of benzene rings is 3.